The van der Waals surface area contributed by atoms with E-state index in [1.54, 1.807) is 0 Å². The smallest absolute Gasteiger partial charge is 2.00 e. The van der Waals surface area contributed by atoms with Crippen LogP contribution in [0.25, 0.3) is 0 Å². The van der Waals surface area contributed by atoms with E-state index in [9.17, 15) is 0 Å². The summed E-state index contributed by atoms with van der Waals surface area (Å²) in [5.41, 5.74) is 0. The molecule has 2 nitrogen and oxygen atoms in total. The van der Waals surface area contributed by atoms with E-state index in [1.165, 1.54) is 0 Å². The Morgan fingerprint density at radius 3 is 0.750 bits per heavy atom. The minimum absolute atomic E-state index is 0. The van der Waals surface area contributed by atoms with Crippen molar-refractivity contribution in [3.05, 3.63) is 0 Å². The molecule has 0 aliphatic heterocycles. The summed E-state index contributed by atoms with van der Waals surface area (Å²) in [6.45, 7) is 0. The number of rotatable bonds is 0. The molecule has 0 heterocycles. The molecule has 0 N–H and O–H groups in total. The van der Waals surface area contributed by atoms with Gasteiger partial charge >= 0.3 is 21.7 Å². The monoisotopic (exact) mass is 135 g/mol. The van der Waals surface area contributed by atoms with Gasteiger partial charge in [-0.3, -0.25) is 0 Å². The van der Waals surface area contributed by atoms with Crippen molar-refractivity contribution in [2.75, 3.05) is 0 Å². The van der Waals surface area contributed by atoms with Crippen LogP contribution in [-0.2, 0) is 49.7 Å². The van der Waals surface area contributed by atoms with Crippen molar-refractivity contribution >= 4 is 0 Å². The van der Waals surface area contributed by atoms with E-state index < -0.39 is 0 Å². The van der Waals surface area contributed by atoms with Gasteiger partial charge < -0.3 is 11.0 Å². The SMILES string of the molecule is [Mn].[O-2].[O-2].[Ti+4]. The van der Waals surface area contributed by atoms with E-state index in [1.807, 2.05) is 0 Å². The van der Waals surface area contributed by atoms with Gasteiger partial charge in [0.15, 0.2) is 0 Å². The Morgan fingerprint density at radius 2 is 0.750 bits per heavy atom. The molecular weight excluding hydrogens is 135 g/mol. The zero-order valence-corrected chi connectivity index (χ0v) is 4.44. The maximum Gasteiger partial charge on any atom is 4.00 e. The third kappa shape index (κ3) is 11.0. The van der Waals surface area contributed by atoms with Gasteiger partial charge in [-0.05, 0) is 0 Å². The number of hydrogen-bond acceptors (Lipinski definition) is 0. The fourth-order valence-electron chi connectivity index (χ4n) is 0. The summed E-state index contributed by atoms with van der Waals surface area (Å²) in [5, 5.41) is 0. The van der Waals surface area contributed by atoms with E-state index in [4.69, 9.17) is 0 Å². The predicted octanol–water partition coefficient (Wildman–Crippen LogP) is -0.243. The molecule has 0 aromatic heterocycles. The first-order valence-corrected chi connectivity index (χ1v) is 0. The summed E-state index contributed by atoms with van der Waals surface area (Å²) in [4.78, 5) is 0. The van der Waals surface area contributed by atoms with Crippen LogP contribution in [0.3, 0.4) is 0 Å². The predicted molar refractivity (Wildman–Crippen MR) is 1.37 cm³/mol. The number of hydrogen-bond donors (Lipinski definition) is 0. The molecule has 0 atom stereocenters. The Hall–Kier alpha value is 1.15. The summed E-state index contributed by atoms with van der Waals surface area (Å²) in [6.07, 6.45) is 0. The van der Waals surface area contributed by atoms with E-state index in [0.717, 1.165) is 0 Å². The molecule has 0 aromatic carbocycles. The normalized spacial score (nSPS) is 0. The molecule has 0 aromatic rings. The molecular formula is MnO2Ti. The Kier molecular flexibility index (Phi) is 518. The first kappa shape index (κ1) is 66.8. The van der Waals surface area contributed by atoms with Crippen LogP contribution in [-0.4, -0.2) is 0 Å². The average molecular weight is 135 g/mol. The third-order valence-electron chi connectivity index (χ3n) is 0. The molecule has 0 bridgehead atoms. The summed E-state index contributed by atoms with van der Waals surface area (Å²) in [5.74, 6) is 0. The molecule has 0 rings (SSSR count). The quantitative estimate of drug-likeness (QED) is 0.411. The molecule has 0 saturated carbocycles. The second kappa shape index (κ2) is 31.0. The largest absolute Gasteiger partial charge is 4.00 e. The fourth-order valence-corrected chi connectivity index (χ4v) is 0. The maximum absolute atomic E-state index is 0. The molecule has 0 amide bonds. The zero-order valence-electron chi connectivity index (χ0n) is 1.69. The van der Waals surface area contributed by atoms with Gasteiger partial charge in [0, 0.05) is 17.1 Å². The molecule has 0 saturated heterocycles. The van der Waals surface area contributed by atoms with Crippen LogP contribution >= 0.6 is 0 Å². The minimum atomic E-state index is 0. The van der Waals surface area contributed by atoms with Crippen LogP contribution in [0.1, 0.15) is 0 Å². The van der Waals surface area contributed by atoms with Crippen molar-refractivity contribution in [1.82, 2.24) is 0 Å². The topological polar surface area (TPSA) is 57.0 Å². The van der Waals surface area contributed by atoms with Crippen molar-refractivity contribution in [1.29, 1.82) is 0 Å². The van der Waals surface area contributed by atoms with Gasteiger partial charge in [-0.2, -0.15) is 0 Å². The van der Waals surface area contributed by atoms with E-state index in [0.29, 0.717) is 0 Å². The maximum atomic E-state index is 0. The first-order chi connectivity index (χ1) is 0. The standard InChI is InChI=1S/Mn.2O.Ti/q;2*-2;+4. The fraction of sp³-hybridized carbons (Fsp3) is 0. The van der Waals surface area contributed by atoms with Crippen LogP contribution in [0.2, 0.25) is 0 Å². The Bertz CT molecular complexity index is 6.00. The van der Waals surface area contributed by atoms with Crippen molar-refractivity contribution in [2.45, 2.75) is 0 Å². The van der Waals surface area contributed by atoms with Crippen LogP contribution in [0.15, 0.2) is 0 Å². The van der Waals surface area contributed by atoms with Crippen molar-refractivity contribution in [2.24, 2.45) is 0 Å². The molecule has 0 aliphatic carbocycles. The molecule has 23 valence electrons. The molecule has 1 radical (unpaired) electrons. The van der Waals surface area contributed by atoms with Crippen molar-refractivity contribution in [3.63, 3.8) is 0 Å². The minimum Gasteiger partial charge on any atom is -2.00 e. The second-order valence-electron chi connectivity index (χ2n) is 0. The van der Waals surface area contributed by atoms with Crippen LogP contribution in [0.4, 0.5) is 0 Å². The summed E-state index contributed by atoms with van der Waals surface area (Å²) >= 11 is 0. The Morgan fingerprint density at radius 1 is 0.750 bits per heavy atom. The van der Waals surface area contributed by atoms with Gasteiger partial charge in [0.05, 0.1) is 0 Å². The Labute approximate surface area is 49.9 Å². The van der Waals surface area contributed by atoms with Gasteiger partial charge in [-0.25, -0.2) is 0 Å². The van der Waals surface area contributed by atoms with Gasteiger partial charge in [0.25, 0.3) is 0 Å². The molecule has 0 spiro atoms. The van der Waals surface area contributed by atoms with Gasteiger partial charge in [-0.1, -0.05) is 0 Å². The average Bonchev–Trinajstić information content (AvgIpc) is 0. The molecule has 0 fully saturated rings. The molecule has 0 unspecified atom stereocenters. The van der Waals surface area contributed by atoms with E-state index in [-0.39, 0.29) is 49.7 Å². The van der Waals surface area contributed by atoms with Gasteiger partial charge in [0.1, 0.15) is 0 Å². The second-order valence-corrected chi connectivity index (χ2v) is 0. The van der Waals surface area contributed by atoms with Gasteiger partial charge in [-0.15, -0.1) is 0 Å². The van der Waals surface area contributed by atoms with E-state index in [2.05, 4.69) is 0 Å². The third-order valence-corrected chi connectivity index (χ3v) is 0. The first-order valence-electron chi connectivity index (χ1n) is 0. The molecule has 0 aliphatic rings. The summed E-state index contributed by atoms with van der Waals surface area (Å²) in [6, 6.07) is 0. The molecule has 4 heavy (non-hydrogen) atoms. The Balaban J connectivity index is 0. The molecule has 4 heteroatoms. The van der Waals surface area contributed by atoms with Crippen molar-refractivity contribution < 1.29 is 49.7 Å². The zero-order chi connectivity index (χ0) is 0. The van der Waals surface area contributed by atoms with E-state index >= 15 is 0 Å². The van der Waals surface area contributed by atoms with Gasteiger partial charge in [0.2, 0.25) is 0 Å². The van der Waals surface area contributed by atoms with Crippen molar-refractivity contribution in [3.8, 4) is 0 Å². The van der Waals surface area contributed by atoms with Crippen LogP contribution < -0.4 is 0 Å². The van der Waals surface area contributed by atoms with Crippen LogP contribution in [0.5, 0.6) is 0 Å². The summed E-state index contributed by atoms with van der Waals surface area (Å²) < 4.78 is 0. The summed E-state index contributed by atoms with van der Waals surface area (Å²) in [7, 11) is 0. The van der Waals surface area contributed by atoms with Crippen LogP contribution in [0, 0.1) is 0 Å².